The van der Waals surface area contributed by atoms with E-state index >= 15 is 0 Å². The van der Waals surface area contributed by atoms with Gasteiger partial charge in [0.1, 0.15) is 0 Å². The van der Waals surface area contributed by atoms with E-state index in [4.69, 9.17) is 5.73 Å². The smallest absolute Gasteiger partial charge is 0.254 e. The number of carbonyl (C=O) groups is 1. The summed E-state index contributed by atoms with van der Waals surface area (Å²) < 4.78 is 0. The number of nitrogens with two attached hydrogens (primary N) is 1. The van der Waals surface area contributed by atoms with Crippen molar-refractivity contribution >= 4 is 16.7 Å². The Balaban J connectivity index is 2.35. The quantitative estimate of drug-likeness (QED) is 0.894. The van der Waals surface area contributed by atoms with Crippen molar-refractivity contribution in [3.05, 3.63) is 48.0 Å². The molecule has 0 unspecified atom stereocenters. The summed E-state index contributed by atoms with van der Waals surface area (Å²) in [7, 11) is 0. The Morgan fingerprint density at radius 2 is 1.89 bits per heavy atom. The Kier molecular flexibility index (Phi) is 4.53. The fourth-order valence-electron chi connectivity index (χ4n) is 2.27. The second-order valence-corrected chi connectivity index (χ2v) is 4.55. The van der Waals surface area contributed by atoms with Gasteiger partial charge in [-0.3, -0.25) is 4.79 Å². The molecule has 0 atom stereocenters. The molecule has 0 spiro atoms. The van der Waals surface area contributed by atoms with Crippen molar-refractivity contribution in [2.45, 2.75) is 13.3 Å². The van der Waals surface area contributed by atoms with Crippen LogP contribution in [-0.2, 0) is 0 Å². The highest BCUT2D eigenvalue weighted by Crippen LogP contribution is 2.20. The van der Waals surface area contributed by atoms with Crippen molar-refractivity contribution in [2.24, 2.45) is 5.73 Å². The van der Waals surface area contributed by atoms with Gasteiger partial charge in [0.25, 0.3) is 5.91 Å². The Hall–Kier alpha value is -1.87. The molecule has 19 heavy (non-hydrogen) atoms. The summed E-state index contributed by atoms with van der Waals surface area (Å²) in [6.45, 7) is 4.04. The zero-order valence-corrected chi connectivity index (χ0v) is 11.3. The number of nitrogens with zero attached hydrogens (tertiary/aromatic N) is 1. The van der Waals surface area contributed by atoms with Gasteiger partial charge in [-0.25, -0.2) is 0 Å². The lowest BCUT2D eigenvalue weighted by molar-refractivity contribution is 0.0765. The molecule has 0 fully saturated rings. The van der Waals surface area contributed by atoms with Crippen LogP contribution >= 0.6 is 0 Å². The Labute approximate surface area is 114 Å². The summed E-state index contributed by atoms with van der Waals surface area (Å²) in [5.74, 6) is 0.0905. The standard InChI is InChI=1S/C16H20N2O/c1-2-18(12-6-11-17)16(19)15-10-5-8-13-7-3-4-9-14(13)15/h3-5,7-10H,2,6,11-12,17H2,1H3. The van der Waals surface area contributed by atoms with E-state index in [2.05, 4.69) is 0 Å². The minimum absolute atomic E-state index is 0.0905. The first-order valence-electron chi connectivity index (χ1n) is 6.75. The summed E-state index contributed by atoms with van der Waals surface area (Å²) in [6, 6.07) is 13.9. The Morgan fingerprint density at radius 3 is 2.63 bits per heavy atom. The fraction of sp³-hybridized carbons (Fsp3) is 0.312. The summed E-state index contributed by atoms with van der Waals surface area (Å²) >= 11 is 0. The Morgan fingerprint density at radius 1 is 1.16 bits per heavy atom. The molecule has 3 heteroatoms. The molecule has 2 aromatic carbocycles. The summed E-state index contributed by atoms with van der Waals surface area (Å²) in [5, 5.41) is 2.12. The molecule has 3 nitrogen and oxygen atoms in total. The van der Waals surface area contributed by atoms with Gasteiger partial charge >= 0.3 is 0 Å². The molecule has 0 bridgehead atoms. The predicted molar refractivity (Wildman–Crippen MR) is 79.2 cm³/mol. The van der Waals surface area contributed by atoms with E-state index in [-0.39, 0.29) is 5.91 Å². The van der Waals surface area contributed by atoms with Crippen LogP contribution in [0.5, 0.6) is 0 Å². The molecule has 0 heterocycles. The van der Waals surface area contributed by atoms with Gasteiger partial charge in [0, 0.05) is 18.7 Å². The number of hydrogen-bond donors (Lipinski definition) is 1. The van der Waals surface area contributed by atoms with E-state index < -0.39 is 0 Å². The van der Waals surface area contributed by atoms with E-state index in [9.17, 15) is 4.79 Å². The first-order valence-corrected chi connectivity index (χ1v) is 6.75. The number of hydrogen-bond acceptors (Lipinski definition) is 2. The predicted octanol–water partition coefficient (Wildman–Crippen LogP) is 2.65. The topological polar surface area (TPSA) is 46.3 Å². The van der Waals surface area contributed by atoms with Crippen LogP contribution in [0.4, 0.5) is 0 Å². The van der Waals surface area contributed by atoms with Crippen LogP contribution in [0, 0.1) is 0 Å². The van der Waals surface area contributed by atoms with Crippen molar-refractivity contribution in [2.75, 3.05) is 19.6 Å². The molecule has 100 valence electrons. The molecular weight excluding hydrogens is 236 g/mol. The van der Waals surface area contributed by atoms with Gasteiger partial charge in [-0.1, -0.05) is 36.4 Å². The van der Waals surface area contributed by atoms with E-state index in [0.29, 0.717) is 13.1 Å². The molecule has 2 rings (SSSR count). The molecule has 1 amide bonds. The van der Waals surface area contributed by atoms with Gasteiger partial charge in [-0.05, 0) is 36.7 Å². The van der Waals surface area contributed by atoms with Crippen molar-refractivity contribution in [3.63, 3.8) is 0 Å². The maximum Gasteiger partial charge on any atom is 0.254 e. The first-order chi connectivity index (χ1) is 9.27. The van der Waals surface area contributed by atoms with Crippen LogP contribution in [-0.4, -0.2) is 30.4 Å². The maximum atomic E-state index is 12.6. The van der Waals surface area contributed by atoms with Gasteiger partial charge < -0.3 is 10.6 Å². The van der Waals surface area contributed by atoms with Crippen molar-refractivity contribution in [3.8, 4) is 0 Å². The highest BCUT2D eigenvalue weighted by atomic mass is 16.2. The summed E-state index contributed by atoms with van der Waals surface area (Å²) in [6.07, 6.45) is 0.838. The first kappa shape index (κ1) is 13.6. The lowest BCUT2D eigenvalue weighted by atomic mass is 10.0. The zero-order chi connectivity index (χ0) is 13.7. The zero-order valence-electron chi connectivity index (χ0n) is 11.3. The number of benzene rings is 2. The minimum Gasteiger partial charge on any atom is -0.339 e. The van der Waals surface area contributed by atoms with Gasteiger partial charge in [0.15, 0.2) is 0 Å². The summed E-state index contributed by atoms with van der Waals surface area (Å²) in [5.41, 5.74) is 6.30. The third-order valence-electron chi connectivity index (χ3n) is 3.32. The second kappa shape index (κ2) is 6.34. The number of rotatable bonds is 5. The van der Waals surface area contributed by atoms with Crippen molar-refractivity contribution < 1.29 is 4.79 Å². The van der Waals surface area contributed by atoms with Crippen LogP contribution in [0.2, 0.25) is 0 Å². The molecule has 2 N–H and O–H groups in total. The van der Waals surface area contributed by atoms with Gasteiger partial charge in [-0.2, -0.15) is 0 Å². The minimum atomic E-state index is 0.0905. The number of carbonyl (C=O) groups excluding carboxylic acids is 1. The van der Waals surface area contributed by atoms with Gasteiger partial charge in [-0.15, -0.1) is 0 Å². The molecule has 0 aromatic heterocycles. The molecule has 0 saturated carbocycles. The molecule has 0 radical (unpaired) electrons. The van der Waals surface area contributed by atoms with Crippen molar-refractivity contribution in [1.82, 2.24) is 4.90 Å². The highest BCUT2D eigenvalue weighted by molar-refractivity contribution is 6.06. The lowest BCUT2D eigenvalue weighted by Crippen LogP contribution is -2.32. The normalized spacial score (nSPS) is 10.6. The van der Waals surface area contributed by atoms with Crippen LogP contribution in [0.3, 0.4) is 0 Å². The monoisotopic (exact) mass is 256 g/mol. The second-order valence-electron chi connectivity index (χ2n) is 4.55. The lowest BCUT2D eigenvalue weighted by Gasteiger charge is -2.21. The van der Waals surface area contributed by atoms with Crippen LogP contribution in [0.25, 0.3) is 10.8 Å². The Bertz CT molecular complexity index is 560. The summed E-state index contributed by atoms with van der Waals surface area (Å²) in [4.78, 5) is 14.4. The van der Waals surface area contributed by atoms with Crippen LogP contribution in [0.15, 0.2) is 42.5 Å². The average Bonchev–Trinajstić information content (AvgIpc) is 2.47. The molecule has 2 aromatic rings. The SMILES string of the molecule is CCN(CCCN)C(=O)c1cccc2ccccc12. The van der Waals surface area contributed by atoms with E-state index in [1.165, 1.54) is 0 Å². The van der Waals surface area contributed by atoms with E-state index in [1.54, 1.807) is 0 Å². The fourth-order valence-corrected chi connectivity index (χ4v) is 2.27. The molecule has 0 saturated heterocycles. The highest BCUT2D eigenvalue weighted by Gasteiger charge is 2.15. The molecule has 0 aliphatic carbocycles. The average molecular weight is 256 g/mol. The molecule has 0 aliphatic rings. The van der Waals surface area contributed by atoms with Gasteiger partial charge in [0.05, 0.1) is 0 Å². The van der Waals surface area contributed by atoms with E-state index in [1.807, 2.05) is 54.3 Å². The third-order valence-corrected chi connectivity index (χ3v) is 3.32. The van der Waals surface area contributed by atoms with E-state index in [0.717, 1.165) is 29.3 Å². The third kappa shape index (κ3) is 2.93. The van der Waals surface area contributed by atoms with Crippen LogP contribution < -0.4 is 5.73 Å². The number of fused-ring (bicyclic) bond motifs is 1. The van der Waals surface area contributed by atoms with Crippen LogP contribution in [0.1, 0.15) is 23.7 Å². The molecular formula is C16H20N2O. The number of amides is 1. The van der Waals surface area contributed by atoms with Crippen molar-refractivity contribution in [1.29, 1.82) is 0 Å². The van der Waals surface area contributed by atoms with Gasteiger partial charge in [0.2, 0.25) is 0 Å². The largest absolute Gasteiger partial charge is 0.339 e. The maximum absolute atomic E-state index is 12.6. The molecule has 0 aliphatic heterocycles.